The van der Waals surface area contributed by atoms with Crippen molar-refractivity contribution in [1.82, 2.24) is 5.32 Å². The fourth-order valence-electron chi connectivity index (χ4n) is 2.26. The van der Waals surface area contributed by atoms with E-state index in [0.29, 0.717) is 6.42 Å². The molecule has 0 bridgehead atoms. The maximum Gasteiger partial charge on any atom is 0.307 e. The number of nitrogens with one attached hydrogen (secondary N) is 1. The Bertz CT molecular complexity index is 472. The molecule has 0 aromatic heterocycles. The molecular formula is C15H19NO3. The molecule has 4 atom stereocenters. The Balaban J connectivity index is 1.89. The summed E-state index contributed by atoms with van der Waals surface area (Å²) in [5.74, 6) is -1.64. The van der Waals surface area contributed by atoms with Crippen molar-refractivity contribution in [2.24, 2.45) is 11.8 Å². The van der Waals surface area contributed by atoms with Crippen LogP contribution in [0.5, 0.6) is 0 Å². The van der Waals surface area contributed by atoms with Gasteiger partial charge in [0.1, 0.15) is 0 Å². The highest BCUT2D eigenvalue weighted by Crippen LogP contribution is 2.39. The minimum absolute atomic E-state index is 0.00931. The van der Waals surface area contributed by atoms with Crippen LogP contribution in [-0.4, -0.2) is 23.0 Å². The summed E-state index contributed by atoms with van der Waals surface area (Å²) >= 11 is 0. The SMILES string of the molecule is C[C@H](NC(=O)[C@@H]1C[C@H]1C(=O)O)[C@@H](C)c1ccccc1. The smallest absolute Gasteiger partial charge is 0.307 e. The van der Waals surface area contributed by atoms with Crippen molar-refractivity contribution in [1.29, 1.82) is 0 Å². The third-order valence-electron chi connectivity index (χ3n) is 3.89. The molecule has 1 amide bonds. The van der Waals surface area contributed by atoms with E-state index in [2.05, 4.69) is 12.2 Å². The number of aliphatic carboxylic acids is 1. The molecule has 19 heavy (non-hydrogen) atoms. The number of carboxylic acid groups (broad SMARTS) is 1. The second-order valence-electron chi connectivity index (χ2n) is 5.28. The third-order valence-corrected chi connectivity index (χ3v) is 3.89. The Morgan fingerprint density at radius 3 is 2.37 bits per heavy atom. The van der Waals surface area contributed by atoms with Crippen LogP contribution in [0.3, 0.4) is 0 Å². The standard InChI is InChI=1S/C15H19NO3/c1-9(11-6-4-3-5-7-11)10(2)16-14(17)12-8-13(12)15(18)19/h3-7,9-10,12-13H,8H2,1-2H3,(H,16,17)(H,18,19)/t9-,10+,12-,13-/m1/s1. The Kier molecular flexibility index (Phi) is 3.88. The van der Waals surface area contributed by atoms with Crippen molar-refractivity contribution in [2.45, 2.75) is 32.2 Å². The van der Waals surface area contributed by atoms with Gasteiger partial charge < -0.3 is 10.4 Å². The summed E-state index contributed by atoms with van der Waals surface area (Å²) < 4.78 is 0. The minimum Gasteiger partial charge on any atom is -0.481 e. The summed E-state index contributed by atoms with van der Waals surface area (Å²) in [5, 5.41) is 11.7. The lowest BCUT2D eigenvalue weighted by molar-refractivity contribution is -0.140. The summed E-state index contributed by atoms with van der Waals surface area (Å²) in [5.41, 5.74) is 1.17. The van der Waals surface area contributed by atoms with Crippen LogP contribution >= 0.6 is 0 Å². The maximum atomic E-state index is 11.9. The molecule has 0 radical (unpaired) electrons. The largest absolute Gasteiger partial charge is 0.481 e. The van der Waals surface area contributed by atoms with Crippen molar-refractivity contribution in [3.8, 4) is 0 Å². The van der Waals surface area contributed by atoms with Gasteiger partial charge in [-0.2, -0.15) is 0 Å². The first-order valence-corrected chi connectivity index (χ1v) is 6.59. The summed E-state index contributed by atoms with van der Waals surface area (Å²) in [6.45, 7) is 4.01. The van der Waals surface area contributed by atoms with Crippen LogP contribution in [0.4, 0.5) is 0 Å². The molecular weight excluding hydrogens is 242 g/mol. The van der Waals surface area contributed by atoms with Crippen LogP contribution in [0, 0.1) is 11.8 Å². The summed E-state index contributed by atoms with van der Waals surface area (Å²) in [6.07, 6.45) is 0.466. The normalized spacial score (nSPS) is 24.3. The van der Waals surface area contributed by atoms with Gasteiger partial charge in [-0.1, -0.05) is 37.3 Å². The molecule has 4 heteroatoms. The monoisotopic (exact) mass is 261 g/mol. The van der Waals surface area contributed by atoms with Crippen molar-refractivity contribution in [2.75, 3.05) is 0 Å². The molecule has 1 saturated carbocycles. The predicted molar refractivity (Wildman–Crippen MR) is 71.7 cm³/mol. The van der Waals surface area contributed by atoms with Crippen LogP contribution in [0.25, 0.3) is 0 Å². The van der Waals surface area contributed by atoms with Crippen molar-refractivity contribution < 1.29 is 14.7 Å². The fourth-order valence-corrected chi connectivity index (χ4v) is 2.26. The van der Waals surface area contributed by atoms with Gasteiger partial charge in [0.2, 0.25) is 5.91 Å². The lowest BCUT2D eigenvalue weighted by Crippen LogP contribution is -2.37. The zero-order valence-electron chi connectivity index (χ0n) is 11.2. The van der Waals surface area contributed by atoms with E-state index in [4.69, 9.17) is 5.11 Å². The van der Waals surface area contributed by atoms with Gasteiger partial charge in [-0.15, -0.1) is 0 Å². The summed E-state index contributed by atoms with van der Waals surface area (Å²) in [7, 11) is 0. The molecule has 1 aromatic rings. The first-order valence-electron chi connectivity index (χ1n) is 6.59. The first kappa shape index (κ1) is 13.6. The molecule has 1 aliphatic carbocycles. The van der Waals surface area contributed by atoms with Crippen LogP contribution in [0.1, 0.15) is 31.7 Å². The zero-order valence-corrected chi connectivity index (χ0v) is 11.2. The van der Waals surface area contributed by atoms with E-state index in [-0.39, 0.29) is 23.8 Å². The molecule has 0 heterocycles. The lowest BCUT2D eigenvalue weighted by atomic mass is 9.94. The Morgan fingerprint density at radius 1 is 1.21 bits per heavy atom. The number of benzene rings is 1. The van der Waals surface area contributed by atoms with Crippen LogP contribution in [0.15, 0.2) is 30.3 Å². The van der Waals surface area contributed by atoms with Crippen molar-refractivity contribution >= 4 is 11.9 Å². The Labute approximate surface area is 112 Å². The highest BCUT2D eigenvalue weighted by Gasteiger charge is 2.48. The molecule has 0 saturated heterocycles. The lowest BCUT2D eigenvalue weighted by Gasteiger charge is -2.21. The van der Waals surface area contributed by atoms with Gasteiger partial charge in [-0.3, -0.25) is 9.59 Å². The predicted octanol–water partition coefficient (Wildman–Crippen LogP) is 2.02. The van der Waals surface area contributed by atoms with E-state index in [1.807, 2.05) is 37.3 Å². The number of hydrogen-bond acceptors (Lipinski definition) is 2. The van der Waals surface area contributed by atoms with Gasteiger partial charge in [0.05, 0.1) is 11.8 Å². The fraction of sp³-hybridized carbons (Fsp3) is 0.467. The number of carboxylic acids is 1. The van der Waals surface area contributed by atoms with E-state index >= 15 is 0 Å². The average molecular weight is 261 g/mol. The topological polar surface area (TPSA) is 66.4 Å². The van der Waals surface area contributed by atoms with Gasteiger partial charge in [0.25, 0.3) is 0 Å². The highest BCUT2D eigenvalue weighted by molar-refractivity contribution is 5.89. The van der Waals surface area contributed by atoms with Gasteiger partial charge in [-0.05, 0) is 18.9 Å². The first-order chi connectivity index (χ1) is 9.00. The second-order valence-corrected chi connectivity index (χ2v) is 5.28. The summed E-state index contributed by atoms with van der Waals surface area (Å²) in [4.78, 5) is 22.6. The molecule has 1 fully saturated rings. The van der Waals surface area contributed by atoms with Gasteiger partial charge in [0, 0.05) is 12.0 Å². The van der Waals surface area contributed by atoms with Gasteiger partial charge in [0.15, 0.2) is 0 Å². The molecule has 0 unspecified atom stereocenters. The van der Waals surface area contributed by atoms with E-state index in [0.717, 1.165) is 0 Å². The Hall–Kier alpha value is -1.84. The molecule has 0 spiro atoms. The van der Waals surface area contributed by atoms with Crippen LogP contribution in [-0.2, 0) is 9.59 Å². The average Bonchev–Trinajstić information content (AvgIpc) is 3.19. The number of hydrogen-bond donors (Lipinski definition) is 2. The van der Waals surface area contributed by atoms with Crippen molar-refractivity contribution in [3.05, 3.63) is 35.9 Å². The molecule has 1 aliphatic rings. The quantitative estimate of drug-likeness (QED) is 0.852. The molecule has 102 valence electrons. The van der Waals surface area contributed by atoms with Gasteiger partial charge >= 0.3 is 5.97 Å². The number of rotatable bonds is 5. The highest BCUT2D eigenvalue weighted by atomic mass is 16.4. The second kappa shape index (κ2) is 5.43. The zero-order chi connectivity index (χ0) is 14.0. The maximum absolute atomic E-state index is 11.9. The number of carbonyl (C=O) groups is 2. The van der Waals surface area contributed by atoms with E-state index < -0.39 is 11.9 Å². The van der Waals surface area contributed by atoms with E-state index in [1.165, 1.54) is 5.56 Å². The Morgan fingerprint density at radius 2 is 1.84 bits per heavy atom. The minimum atomic E-state index is -0.871. The van der Waals surface area contributed by atoms with E-state index in [1.54, 1.807) is 0 Å². The molecule has 2 N–H and O–H groups in total. The summed E-state index contributed by atoms with van der Waals surface area (Å²) in [6, 6.07) is 9.96. The van der Waals surface area contributed by atoms with Gasteiger partial charge in [-0.25, -0.2) is 0 Å². The number of amides is 1. The molecule has 2 rings (SSSR count). The van der Waals surface area contributed by atoms with Crippen molar-refractivity contribution in [3.63, 3.8) is 0 Å². The molecule has 1 aromatic carbocycles. The third kappa shape index (κ3) is 3.13. The molecule has 0 aliphatic heterocycles. The van der Waals surface area contributed by atoms with E-state index in [9.17, 15) is 9.59 Å². The van der Waals surface area contributed by atoms with Crippen LogP contribution < -0.4 is 5.32 Å². The number of carbonyl (C=O) groups excluding carboxylic acids is 1. The van der Waals surface area contributed by atoms with Crippen LogP contribution in [0.2, 0.25) is 0 Å². The molecule has 4 nitrogen and oxygen atoms in total.